The van der Waals surface area contributed by atoms with Crippen molar-refractivity contribution in [3.8, 4) is 0 Å². The van der Waals surface area contributed by atoms with Gasteiger partial charge in [-0.25, -0.2) is 0 Å². The van der Waals surface area contributed by atoms with Gasteiger partial charge in [-0.05, 0) is 69.2 Å². The van der Waals surface area contributed by atoms with E-state index >= 15 is 0 Å². The van der Waals surface area contributed by atoms with Gasteiger partial charge in [0.25, 0.3) is 0 Å². The molecule has 0 aromatic heterocycles. The summed E-state index contributed by atoms with van der Waals surface area (Å²) in [7, 11) is 4.60. The van der Waals surface area contributed by atoms with Gasteiger partial charge >= 0.3 is 0 Å². The van der Waals surface area contributed by atoms with E-state index in [9.17, 15) is 0 Å². The fraction of sp³-hybridized carbons (Fsp3) is 0.500. The first-order valence-electron chi connectivity index (χ1n) is 13.5. The molecule has 3 unspecified atom stereocenters. The fourth-order valence-electron chi connectivity index (χ4n) is 7.43. The highest BCUT2D eigenvalue weighted by molar-refractivity contribution is 6.32. The molecule has 5 rings (SSSR count). The Morgan fingerprint density at radius 1 is 0.971 bits per heavy atom. The second-order valence-electron chi connectivity index (χ2n) is 12.1. The van der Waals surface area contributed by atoms with Crippen molar-refractivity contribution in [2.24, 2.45) is 0 Å². The van der Waals surface area contributed by atoms with Crippen molar-refractivity contribution in [3.05, 3.63) is 81.9 Å². The van der Waals surface area contributed by atoms with Crippen LogP contribution in [0.25, 0.3) is 0 Å². The van der Waals surface area contributed by atoms with Crippen molar-refractivity contribution in [2.75, 3.05) is 19.0 Å². The molecule has 2 heterocycles. The van der Waals surface area contributed by atoms with Crippen LogP contribution < -0.4 is 9.80 Å². The van der Waals surface area contributed by atoms with Crippen molar-refractivity contribution in [2.45, 2.75) is 89.1 Å². The highest BCUT2D eigenvalue weighted by Crippen LogP contribution is 2.46. The summed E-state index contributed by atoms with van der Waals surface area (Å²) in [6.07, 6.45) is 9.26. The van der Waals surface area contributed by atoms with Crippen LogP contribution in [0, 0.1) is 0 Å². The Morgan fingerprint density at radius 2 is 1.66 bits per heavy atom. The van der Waals surface area contributed by atoms with Crippen LogP contribution in [0.1, 0.15) is 77.3 Å². The normalized spacial score (nSPS) is 27.9. The molecule has 0 saturated heterocycles. The maximum atomic E-state index is 7.10. The molecule has 2 aromatic carbocycles. The molecule has 2 aliphatic heterocycles. The fourth-order valence-corrected chi connectivity index (χ4v) is 7.79. The van der Waals surface area contributed by atoms with Crippen LogP contribution in [-0.2, 0) is 10.8 Å². The number of quaternary nitrogens is 1. The van der Waals surface area contributed by atoms with Gasteiger partial charge in [0.2, 0.25) is 0 Å². The molecule has 186 valence electrons. The topological polar surface area (TPSA) is 7.68 Å². The average molecular weight is 490 g/mol. The third-order valence-corrected chi connectivity index (χ3v) is 10.1. The summed E-state index contributed by atoms with van der Waals surface area (Å²) in [5.74, 6) is 0. The number of halogens is 1. The molecule has 1 N–H and O–H groups in total. The van der Waals surface area contributed by atoms with Crippen LogP contribution in [0.4, 0.5) is 11.4 Å². The van der Waals surface area contributed by atoms with Crippen molar-refractivity contribution in [1.82, 2.24) is 0 Å². The summed E-state index contributed by atoms with van der Waals surface area (Å²) in [5, 5.41) is 1.07. The van der Waals surface area contributed by atoms with Gasteiger partial charge < -0.3 is 9.80 Å². The maximum Gasteiger partial charge on any atom is 0.135 e. The number of hydrogen-bond acceptors (Lipinski definition) is 1. The molecule has 35 heavy (non-hydrogen) atoms. The molecule has 0 fully saturated rings. The first-order valence-corrected chi connectivity index (χ1v) is 13.8. The lowest BCUT2D eigenvalue weighted by Crippen LogP contribution is -3.08. The molecule has 0 spiro atoms. The summed E-state index contributed by atoms with van der Waals surface area (Å²) in [4.78, 5) is 4.03. The molecule has 3 atom stereocenters. The van der Waals surface area contributed by atoms with Gasteiger partial charge in [-0.2, -0.15) is 0 Å². The van der Waals surface area contributed by atoms with E-state index in [1.54, 1.807) is 4.90 Å². The monoisotopic (exact) mass is 489 g/mol. The molecular formula is C32H42ClN2+. The van der Waals surface area contributed by atoms with Crippen LogP contribution in [-0.4, -0.2) is 26.2 Å². The largest absolute Gasteiger partial charge is 0.370 e. The minimum Gasteiger partial charge on any atom is -0.370 e. The average Bonchev–Trinajstić information content (AvgIpc) is 3.16. The van der Waals surface area contributed by atoms with Crippen molar-refractivity contribution in [1.29, 1.82) is 0 Å². The summed E-state index contributed by atoms with van der Waals surface area (Å²) >= 11 is 7.10. The van der Waals surface area contributed by atoms with Crippen LogP contribution in [0.3, 0.4) is 0 Å². The molecule has 0 amide bonds. The van der Waals surface area contributed by atoms with Gasteiger partial charge in [0.15, 0.2) is 0 Å². The molecule has 0 bridgehead atoms. The van der Waals surface area contributed by atoms with E-state index in [4.69, 9.17) is 11.6 Å². The molecule has 0 radical (unpaired) electrons. The summed E-state index contributed by atoms with van der Waals surface area (Å²) in [6, 6.07) is 18.9. The Bertz CT molecular complexity index is 1170. The number of benzene rings is 2. The zero-order chi connectivity index (χ0) is 25.0. The second-order valence-corrected chi connectivity index (χ2v) is 12.5. The van der Waals surface area contributed by atoms with Gasteiger partial charge in [-0.3, -0.25) is 0 Å². The first kappa shape index (κ1) is 24.7. The van der Waals surface area contributed by atoms with Crippen LogP contribution in [0.15, 0.2) is 70.8 Å². The molecular weight excluding hydrogens is 448 g/mol. The van der Waals surface area contributed by atoms with E-state index in [2.05, 4.69) is 101 Å². The van der Waals surface area contributed by atoms with Gasteiger partial charge in [0.1, 0.15) is 11.7 Å². The summed E-state index contributed by atoms with van der Waals surface area (Å²) in [5.41, 5.74) is 8.99. The number of rotatable bonds is 5. The number of hydrogen-bond donors (Lipinski definition) is 1. The van der Waals surface area contributed by atoms with Crippen molar-refractivity contribution >= 4 is 23.0 Å². The van der Waals surface area contributed by atoms with Gasteiger partial charge in [0.05, 0.1) is 7.05 Å². The Hall–Kier alpha value is -2.03. The molecule has 3 heteroatoms. The second kappa shape index (κ2) is 9.12. The van der Waals surface area contributed by atoms with Gasteiger partial charge in [-0.1, -0.05) is 73.5 Å². The molecule has 2 aromatic rings. The maximum absolute atomic E-state index is 7.10. The van der Waals surface area contributed by atoms with Gasteiger partial charge in [0, 0.05) is 46.6 Å². The van der Waals surface area contributed by atoms with Crippen molar-refractivity contribution in [3.63, 3.8) is 0 Å². The lowest BCUT2D eigenvalue weighted by Gasteiger charge is -2.32. The van der Waals surface area contributed by atoms with Crippen LogP contribution in [0.2, 0.25) is 0 Å². The standard InChI is InChI=1S/C32H41ClN2/c1-31(2)24-14-7-9-16-26(24)34(5)28(31)20-18-22-12-11-13-23(30(22)33)19-21-29-32(3,4)25-15-8-10-17-27(25)35(29)6/h7-10,14-18,28-29H,11-13,19-21H2,1-6H3/p+1. The van der Waals surface area contributed by atoms with E-state index < -0.39 is 0 Å². The van der Waals surface area contributed by atoms with Crippen molar-refractivity contribution < 1.29 is 4.90 Å². The Labute approximate surface area is 217 Å². The van der Waals surface area contributed by atoms with E-state index in [1.165, 1.54) is 46.5 Å². The Balaban J connectivity index is 1.31. The highest BCUT2D eigenvalue weighted by Gasteiger charge is 2.47. The number of anilines is 1. The summed E-state index contributed by atoms with van der Waals surface area (Å²) < 4.78 is 0. The number of nitrogens with one attached hydrogen (secondary N) is 1. The smallest absolute Gasteiger partial charge is 0.135 e. The molecule has 3 aliphatic rings. The Morgan fingerprint density at radius 3 is 2.37 bits per heavy atom. The van der Waals surface area contributed by atoms with E-state index in [-0.39, 0.29) is 10.8 Å². The van der Waals surface area contributed by atoms with Crippen LogP contribution in [0.5, 0.6) is 0 Å². The zero-order valence-electron chi connectivity index (χ0n) is 22.4. The van der Waals surface area contributed by atoms with Crippen LogP contribution >= 0.6 is 11.6 Å². The van der Waals surface area contributed by atoms with E-state index in [0.717, 1.165) is 30.7 Å². The summed E-state index contributed by atoms with van der Waals surface area (Å²) in [6.45, 7) is 9.63. The SMILES string of the molecule is CN1c2ccccc2C(C)(C)C1CC=C1CCCC(CCC2[NH+](C)c3ccccc3C2(C)C)=C1Cl. The lowest BCUT2D eigenvalue weighted by molar-refractivity contribution is -0.837. The lowest BCUT2D eigenvalue weighted by atomic mass is 9.77. The van der Waals surface area contributed by atoms with E-state index in [1.807, 2.05) is 0 Å². The number of allylic oxidation sites excluding steroid dienone is 3. The number of nitrogens with zero attached hydrogens (tertiary/aromatic N) is 1. The predicted molar refractivity (Wildman–Crippen MR) is 150 cm³/mol. The van der Waals surface area contributed by atoms with Gasteiger partial charge in [-0.15, -0.1) is 0 Å². The third-order valence-electron chi connectivity index (χ3n) is 9.56. The molecule has 2 nitrogen and oxygen atoms in total. The minimum atomic E-state index is 0.131. The molecule has 1 aliphatic carbocycles. The third kappa shape index (κ3) is 4.07. The first-order chi connectivity index (χ1) is 16.6. The molecule has 0 saturated carbocycles. The highest BCUT2D eigenvalue weighted by atomic mass is 35.5. The van der Waals surface area contributed by atoms with E-state index in [0.29, 0.717) is 12.1 Å². The Kier molecular flexibility index (Phi) is 6.43. The predicted octanol–water partition coefficient (Wildman–Crippen LogP) is 7.06. The quantitative estimate of drug-likeness (QED) is 0.472. The number of para-hydroxylation sites is 2. The zero-order valence-corrected chi connectivity index (χ0v) is 23.2. The number of fused-ring (bicyclic) bond motifs is 2. The minimum absolute atomic E-state index is 0.131. The number of likely N-dealkylation sites (N-methyl/N-ethyl adjacent to an activating group) is 2.